The van der Waals surface area contributed by atoms with E-state index in [9.17, 15) is 0 Å². The zero-order valence-electron chi connectivity index (χ0n) is 12.8. The van der Waals surface area contributed by atoms with Crippen LogP contribution >= 0.6 is 0 Å². The molecule has 1 saturated heterocycles. The number of nitrogens with one attached hydrogen (secondary N) is 1. The Morgan fingerprint density at radius 3 is 2.09 bits per heavy atom. The Labute approximate surface area is 135 Å². The summed E-state index contributed by atoms with van der Waals surface area (Å²) in [7, 11) is -2.99. The molecule has 2 rings (SSSR count). The molecule has 0 atom stereocenters. The van der Waals surface area contributed by atoms with Gasteiger partial charge in [0.15, 0.2) is 5.96 Å². The number of methoxy groups -OCH3 is 1. The number of guanidine groups is 1. The molecular formula is C13H22N4O5S. The highest BCUT2D eigenvalue weighted by Gasteiger charge is 2.17. The molecule has 1 fully saturated rings. The van der Waals surface area contributed by atoms with Gasteiger partial charge >= 0.3 is 10.4 Å². The van der Waals surface area contributed by atoms with Gasteiger partial charge < -0.3 is 15.4 Å². The normalized spacial score (nSPS) is 15.5. The zero-order valence-corrected chi connectivity index (χ0v) is 13.7. The largest absolute Gasteiger partial charge is 0.497 e. The van der Waals surface area contributed by atoms with Crippen LogP contribution in [0.5, 0.6) is 5.75 Å². The number of nitrogens with zero attached hydrogens (tertiary/aromatic N) is 2. The fraction of sp³-hybridized carbons (Fsp3) is 0.462. The summed E-state index contributed by atoms with van der Waals surface area (Å²) in [6.45, 7) is 4.52. The Balaban J connectivity index is 0.000000463. The molecule has 23 heavy (non-hydrogen) atoms. The minimum atomic E-state index is -4.67. The van der Waals surface area contributed by atoms with E-state index in [-0.39, 0.29) is 5.96 Å². The highest BCUT2D eigenvalue weighted by Crippen LogP contribution is 2.13. The van der Waals surface area contributed by atoms with Gasteiger partial charge in [0.25, 0.3) is 0 Å². The lowest BCUT2D eigenvalue weighted by molar-refractivity contribution is 0.174. The van der Waals surface area contributed by atoms with Crippen LogP contribution in [0.1, 0.15) is 5.56 Å². The van der Waals surface area contributed by atoms with E-state index in [2.05, 4.69) is 17.0 Å². The summed E-state index contributed by atoms with van der Waals surface area (Å²) in [5.74, 6) is 1.07. The van der Waals surface area contributed by atoms with Crippen LogP contribution in [0, 0.1) is 5.41 Å². The maximum absolute atomic E-state index is 8.74. The van der Waals surface area contributed by atoms with Gasteiger partial charge in [0.05, 0.1) is 7.11 Å². The summed E-state index contributed by atoms with van der Waals surface area (Å²) in [5.41, 5.74) is 6.76. The third kappa shape index (κ3) is 8.35. The Kier molecular flexibility index (Phi) is 7.23. The predicted octanol–water partition coefficient (Wildman–Crippen LogP) is 0.0535. The molecule has 9 nitrogen and oxygen atoms in total. The summed E-state index contributed by atoms with van der Waals surface area (Å²) < 4.78 is 36.7. The number of ether oxygens (including phenoxy) is 1. The van der Waals surface area contributed by atoms with Gasteiger partial charge in [-0.25, -0.2) is 0 Å². The van der Waals surface area contributed by atoms with Gasteiger partial charge in [-0.3, -0.25) is 19.4 Å². The highest BCUT2D eigenvalue weighted by molar-refractivity contribution is 7.79. The van der Waals surface area contributed by atoms with Crippen molar-refractivity contribution < 1.29 is 22.3 Å². The molecule has 0 saturated carbocycles. The van der Waals surface area contributed by atoms with Crippen molar-refractivity contribution in [2.24, 2.45) is 5.73 Å². The third-order valence-electron chi connectivity index (χ3n) is 3.28. The van der Waals surface area contributed by atoms with Crippen molar-refractivity contribution in [2.45, 2.75) is 6.54 Å². The number of hydrogen-bond donors (Lipinski definition) is 4. The van der Waals surface area contributed by atoms with E-state index in [1.165, 1.54) is 5.56 Å². The van der Waals surface area contributed by atoms with E-state index in [0.717, 1.165) is 38.5 Å². The van der Waals surface area contributed by atoms with Gasteiger partial charge in [-0.15, -0.1) is 0 Å². The van der Waals surface area contributed by atoms with E-state index in [1.807, 2.05) is 17.0 Å². The van der Waals surface area contributed by atoms with E-state index in [0.29, 0.717) is 0 Å². The Hall–Kier alpha value is -1.88. The molecule has 1 heterocycles. The maximum Gasteiger partial charge on any atom is 0.394 e. The zero-order chi connectivity index (χ0) is 17.5. The van der Waals surface area contributed by atoms with Crippen LogP contribution in [-0.2, 0) is 16.9 Å². The van der Waals surface area contributed by atoms with Crippen molar-refractivity contribution >= 4 is 16.4 Å². The lowest BCUT2D eigenvalue weighted by Gasteiger charge is -2.34. The van der Waals surface area contributed by atoms with Gasteiger partial charge in [0.2, 0.25) is 0 Å². The van der Waals surface area contributed by atoms with Crippen molar-refractivity contribution in [3.63, 3.8) is 0 Å². The quantitative estimate of drug-likeness (QED) is 0.342. The lowest BCUT2D eigenvalue weighted by Crippen LogP contribution is -2.50. The number of rotatable bonds is 3. The molecule has 1 aliphatic heterocycles. The van der Waals surface area contributed by atoms with Crippen LogP contribution < -0.4 is 10.5 Å². The minimum Gasteiger partial charge on any atom is -0.497 e. The van der Waals surface area contributed by atoms with Gasteiger partial charge in [0.1, 0.15) is 5.75 Å². The van der Waals surface area contributed by atoms with Gasteiger partial charge in [0, 0.05) is 32.7 Å². The fourth-order valence-corrected chi connectivity index (χ4v) is 2.14. The van der Waals surface area contributed by atoms with Crippen molar-refractivity contribution in [2.75, 3.05) is 33.3 Å². The molecular weight excluding hydrogens is 324 g/mol. The standard InChI is InChI=1S/C13H20N4O.H2O4S/c1-18-12-4-2-11(3-5-12)10-16-6-8-17(9-7-16)13(14)15;1-5(2,3)4/h2-5H,6-10H2,1H3,(H3,14,15);(H2,1,2,3,4). The van der Waals surface area contributed by atoms with Gasteiger partial charge in [-0.2, -0.15) is 8.42 Å². The van der Waals surface area contributed by atoms with E-state index >= 15 is 0 Å². The molecule has 0 spiro atoms. The first-order valence-electron chi connectivity index (χ1n) is 6.83. The molecule has 130 valence electrons. The summed E-state index contributed by atoms with van der Waals surface area (Å²) in [6.07, 6.45) is 0. The van der Waals surface area contributed by atoms with E-state index < -0.39 is 10.4 Å². The molecule has 0 amide bonds. The Bertz CT molecular complexity index is 589. The summed E-state index contributed by atoms with van der Waals surface area (Å²) in [5, 5.41) is 7.39. The summed E-state index contributed by atoms with van der Waals surface area (Å²) in [4.78, 5) is 4.28. The molecule has 0 unspecified atom stereocenters. The number of nitrogens with two attached hydrogens (primary N) is 1. The monoisotopic (exact) mass is 346 g/mol. The molecule has 10 heteroatoms. The maximum atomic E-state index is 8.74. The molecule has 1 aromatic carbocycles. The van der Waals surface area contributed by atoms with Crippen LogP contribution in [0.25, 0.3) is 0 Å². The molecule has 0 aromatic heterocycles. The Morgan fingerprint density at radius 1 is 1.22 bits per heavy atom. The van der Waals surface area contributed by atoms with E-state index in [4.69, 9.17) is 33.4 Å². The number of hydrogen-bond acceptors (Lipinski definition) is 5. The first kappa shape index (κ1) is 19.2. The number of piperazine rings is 1. The van der Waals surface area contributed by atoms with Crippen LogP contribution in [-0.4, -0.2) is 66.6 Å². The topological polar surface area (TPSA) is 140 Å². The first-order valence-corrected chi connectivity index (χ1v) is 8.23. The predicted molar refractivity (Wildman–Crippen MR) is 85.9 cm³/mol. The Morgan fingerprint density at radius 2 is 1.70 bits per heavy atom. The van der Waals surface area contributed by atoms with Crippen molar-refractivity contribution in [3.05, 3.63) is 29.8 Å². The van der Waals surface area contributed by atoms with Crippen LogP contribution in [0.3, 0.4) is 0 Å². The smallest absolute Gasteiger partial charge is 0.394 e. The SMILES string of the molecule is COc1ccc(CN2CCN(C(=N)N)CC2)cc1.O=S(=O)(O)O. The van der Waals surface area contributed by atoms with E-state index in [1.54, 1.807) is 7.11 Å². The molecule has 1 aliphatic rings. The van der Waals surface area contributed by atoms with Gasteiger partial charge in [-0.1, -0.05) is 12.1 Å². The molecule has 0 aliphatic carbocycles. The van der Waals surface area contributed by atoms with Gasteiger partial charge in [-0.05, 0) is 17.7 Å². The summed E-state index contributed by atoms with van der Waals surface area (Å²) in [6, 6.07) is 8.16. The first-order chi connectivity index (χ1) is 10.7. The summed E-state index contributed by atoms with van der Waals surface area (Å²) >= 11 is 0. The van der Waals surface area contributed by atoms with Crippen LogP contribution in [0.4, 0.5) is 0 Å². The molecule has 5 N–H and O–H groups in total. The fourth-order valence-electron chi connectivity index (χ4n) is 2.14. The lowest BCUT2D eigenvalue weighted by atomic mass is 10.2. The van der Waals surface area contributed by atoms with Crippen LogP contribution in [0.2, 0.25) is 0 Å². The molecule has 0 radical (unpaired) electrons. The minimum absolute atomic E-state index is 0.180. The second-order valence-electron chi connectivity index (χ2n) is 4.94. The van der Waals surface area contributed by atoms with Crippen molar-refractivity contribution in [1.29, 1.82) is 5.41 Å². The molecule has 0 bridgehead atoms. The average molecular weight is 346 g/mol. The molecule has 1 aromatic rings. The van der Waals surface area contributed by atoms with Crippen molar-refractivity contribution in [3.8, 4) is 5.75 Å². The average Bonchev–Trinajstić information content (AvgIpc) is 2.47. The number of benzene rings is 1. The van der Waals surface area contributed by atoms with Crippen LogP contribution in [0.15, 0.2) is 24.3 Å². The second-order valence-corrected chi connectivity index (χ2v) is 5.84. The van der Waals surface area contributed by atoms with Crippen molar-refractivity contribution in [1.82, 2.24) is 9.80 Å². The second kappa shape index (κ2) is 8.67. The highest BCUT2D eigenvalue weighted by atomic mass is 32.3. The third-order valence-corrected chi connectivity index (χ3v) is 3.28.